The van der Waals surface area contributed by atoms with Gasteiger partial charge in [0, 0.05) is 0 Å². The fourth-order valence-corrected chi connectivity index (χ4v) is 2.09. The zero-order chi connectivity index (χ0) is 16.8. The molecule has 23 heavy (non-hydrogen) atoms. The number of hydrogen-bond donors (Lipinski definition) is 2. The number of rotatable bonds is 7. The van der Waals surface area contributed by atoms with E-state index in [1.165, 1.54) is 10.9 Å². The van der Waals surface area contributed by atoms with Gasteiger partial charge in [-0.15, -0.1) is 5.10 Å². The summed E-state index contributed by atoms with van der Waals surface area (Å²) in [5.41, 5.74) is 1.99. The lowest BCUT2D eigenvalue weighted by molar-refractivity contribution is -0.139. The molecule has 7 heteroatoms. The van der Waals surface area contributed by atoms with Crippen molar-refractivity contribution in [1.82, 2.24) is 20.3 Å². The van der Waals surface area contributed by atoms with Gasteiger partial charge < -0.3 is 10.4 Å². The number of nitrogens with one attached hydrogen (secondary N) is 1. The standard InChI is InChI=1S/C16H20N4O3/c1-3-4-5-13(16(22)23)17-15(21)14-10-20(19-18-14)12-8-6-11(2)7-9-12/h6-10,13H,3-5H2,1-2H3,(H,17,21)(H,22,23)/t13-/m0/s1. The summed E-state index contributed by atoms with van der Waals surface area (Å²) in [6.45, 7) is 3.94. The van der Waals surface area contributed by atoms with Crippen molar-refractivity contribution in [3.05, 3.63) is 41.7 Å². The van der Waals surface area contributed by atoms with Gasteiger partial charge in [-0.05, 0) is 25.5 Å². The van der Waals surface area contributed by atoms with Crippen LogP contribution in [0, 0.1) is 6.92 Å². The largest absolute Gasteiger partial charge is 0.480 e. The minimum absolute atomic E-state index is 0.0910. The molecule has 122 valence electrons. The van der Waals surface area contributed by atoms with Gasteiger partial charge >= 0.3 is 5.97 Å². The van der Waals surface area contributed by atoms with Crippen LogP contribution in [0.4, 0.5) is 0 Å². The molecule has 1 atom stereocenters. The van der Waals surface area contributed by atoms with Crippen molar-refractivity contribution in [1.29, 1.82) is 0 Å². The summed E-state index contributed by atoms with van der Waals surface area (Å²) in [4.78, 5) is 23.3. The van der Waals surface area contributed by atoms with E-state index in [2.05, 4.69) is 15.6 Å². The molecule has 0 spiro atoms. The van der Waals surface area contributed by atoms with Gasteiger partial charge in [-0.1, -0.05) is 42.7 Å². The zero-order valence-electron chi connectivity index (χ0n) is 13.2. The number of carboxylic acids is 1. The van der Waals surface area contributed by atoms with E-state index in [4.69, 9.17) is 5.11 Å². The van der Waals surface area contributed by atoms with Crippen LogP contribution in [0.1, 0.15) is 42.2 Å². The highest BCUT2D eigenvalue weighted by Crippen LogP contribution is 2.09. The Balaban J connectivity index is 2.08. The summed E-state index contributed by atoms with van der Waals surface area (Å²) >= 11 is 0. The van der Waals surface area contributed by atoms with Crippen molar-refractivity contribution < 1.29 is 14.7 Å². The molecule has 0 aliphatic carbocycles. The molecular weight excluding hydrogens is 296 g/mol. The molecule has 0 saturated carbocycles. The molecule has 1 aromatic carbocycles. The molecule has 2 aromatic rings. The lowest BCUT2D eigenvalue weighted by Crippen LogP contribution is -2.40. The van der Waals surface area contributed by atoms with E-state index in [0.717, 1.165) is 24.1 Å². The lowest BCUT2D eigenvalue weighted by Gasteiger charge is -2.12. The van der Waals surface area contributed by atoms with Crippen molar-refractivity contribution in [3.8, 4) is 5.69 Å². The van der Waals surface area contributed by atoms with E-state index in [0.29, 0.717) is 6.42 Å². The quantitative estimate of drug-likeness (QED) is 0.813. The van der Waals surface area contributed by atoms with Crippen molar-refractivity contribution in [3.63, 3.8) is 0 Å². The summed E-state index contributed by atoms with van der Waals surface area (Å²) in [5, 5.41) is 19.4. The Morgan fingerprint density at radius 3 is 2.61 bits per heavy atom. The van der Waals surface area contributed by atoms with Gasteiger partial charge in [0.2, 0.25) is 0 Å². The number of amides is 1. The number of unbranched alkanes of at least 4 members (excludes halogenated alkanes) is 1. The molecule has 0 bridgehead atoms. The van der Waals surface area contributed by atoms with Crippen molar-refractivity contribution in [2.45, 2.75) is 39.2 Å². The molecule has 0 aliphatic rings. The van der Waals surface area contributed by atoms with E-state index in [1.807, 2.05) is 38.1 Å². The number of nitrogens with zero attached hydrogens (tertiary/aromatic N) is 3. The molecule has 1 heterocycles. The van der Waals surface area contributed by atoms with Crippen LogP contribution in [0.25, 0.3) is 5.69 Å². The number of carboxylic acid groups (broad SMARTS) is 1. The van der Waals surface area contributed by atoms with Crippen molar-refractivity contribution in [2.24, 2.45) is 0 Å². The van der Waals surface area contributed by atoms with Crippen LogP contribution in [-0.2, 0) is 4.79 Å². The fourth-order valence-electron chi connectivity index (χ4n) is 2.09. The van der Waals surface area contributed by atoms with Crippen LogP contribution in [0.2, 0.25) is 0 Å². The summed E-state index contributed by atoms with van der Waals surface area (Å²) in [5.74, 6) is -1.58. The third-order valence-corrected chi connectivity index (χ3v) is 3.47. The maximum Gasteiger partial charge on any atom is 0.326 e. The van der Waals surface area contributed by atoms with E-state index in [-0.39, 0.29) is 5.69 Å². The molecule has 0 saturated heterocycles. The average Bonchev–Trinajstić information content (AvgIpc) is 3.01. The predicted molar refractivity (Wildman–Crippen MR) is 84.5 cm³/mol. The number of aryl methyl sites for hydroxylation is 1. The molecule has 0 aliphatic heterocycles. The van der Waals surface area contributed by atoms with Gasteiger partial charge in [-0.25, -0.2) is 9.48 Å². The third-order valence-electron chi connectivity index (χ3n) is 3.47. The highest BCUT2D eigenvalue weighted by atomic mass is 16.4. The first-order chi connectivity index (χ1) is 11.0. The third kappa shape index (κ3) is 4.38. The molecule has 2 rings (SSSR count). The van der Waals surface area contributed by atoms with Crippen LogP contribution in [0.5, 0.6) is 0 Å². The summed E-state index contributed by atoms with van der Waals surface area (Å²) in [6.07, 6.45) is 3.47. The van der Waals surface area contributed by atoms with Gasteiger partial charge in [0.25, 0.3) is 5.91 Å². The second kappa shape index (κ2) is 7.53. The Bertz CT molecular complexity index is 679. The first-order valence-electron chi connectivity index (χ1n) is 7.54. The second-order valence-corrected chi connectivity index (χ2v) is 5.39. The monoisotopic (exact) mass is 316 g/mol. The zero-order valence-corrected chi connectivity index (χ0v) is 13.2. The second-order valence-electron chi connectivity index (χ2n) is 5.39. The van der Waals surface area contributed by atoms with Gasteiger partial charge in [-0.2, -0.15) is 0 Å². The molecule has 0 radical (unpaired) electrons. The van der Waals surface area contributed by atoms with Crippen molar-refractivity contribution in [2.75, 3.05) is 0 Å². The minimum Gasteiger partial charge on any atom is -0.480 e. The minimum atomic E-state index is -1.04. The van der Waals surface area contributed by atoms with Gasteiger partial charge in [-0.3, -0.25) is 4.79 Å². The van der Waals surface area contributed by atoms with Crippen LogP contribution >= 0.6 is 0 Å². The summed E-state index contributed by atoms with van der Waals surface area (Å²) in [6, 6.07) is 6.69. The molecule has 2 N–H and O–H groups in total. The topological polar surface area (TPSA) is 97.1 Å². The van der Waals surface area contributed by atoms with Crippen LogP contribution in [-0.4, -0.2) is 38.0 Å². The maximum absolute atomic E-state index is 12.1. The Morgan fingerprint density at radius 2 is 2.00 bits per heavy atom. The Labute approximate surface area is 134 Å². The Hall–Kier alpha value is -2.70. The average molecular weight is 316 g/mol. The maximum atomic E-state index is 12.1. The molecule has 1 aromatic heterocycles. The van der Waals surface area contributed by atoms with Gasteiger partial charge in [0.15, 0.2) is 5.69 Å². The van der Waals surface area contributed by atoms with Crippen LogP contribution in [0.15, 0.2) is 30.5 Å². The number of aromatic nitrogens is 3. The van der Waals surface area contributed by atoms with Gasteiger partial charge in [0.05, 0.1) is 11.9 Å². The smallest absolute Gasteiger partial charge is 0.326 e. The molecular formula is C16H20N4O3. The van der Waals surface area contributed by atoms with Gasteiger partial charge in [0.1, 0.15) is 6.04 Å². The van der Waals surface area contributed by atoms with Crippen molar-refractivity contribution >= 4 is 11.9 Å². The summed E-state index contributed by atoms with van der Waals surface area (Å²) < 4.78 is 1.48. The molecule has 7 nitrogen and oxygen atoms in total. The first kappa shape index (κ1) is 16.7. The summed E-state index contributed by atoms with van der Waals surface area (Å²) in [7, 11) is 0. The lowest BCUT2D eigenvalue weighted by atomic mass is 10.1. The SMILES string of the molecule is CCCC[C@H](NC(=O)c1cn(-c2ccc(C)cc2)nn1)C(=O)O. The Kier molecular flexibility index (Phi) is 5.46. The van der Waals surface area contributed by atoms with E-state index in [9.17, 15) is 9.59 Å². The highest BCUT2D eigenvalue weighted by Gasteiger charge is 2.21. The van der Waals surface area contributed by atoms with Crippen LogP contribution < -0.4 is 5.32 Å². The van der Waals surface area contributed by atoms with Crippen LogP contribution in [0.3, 0.4) is 0 Å². The van der Waals surface area contributed by atoms with E-state index < -0.39 is 17.9 Å². The number of carbonyl (C=O) groups excluding carboxylic acids is 1. The molecule has 0 fully saturated rings. The highest BCUT2D eigenvalue weighted by molar-refractivity contribution is 5.94. The van der Waals surface area contributed by atoms with E-state index in [1.54, 1.807) is 0 Å². The number of hydrogen-bond acceptors (Lipinski definition) is 4. The van der Waals surface area contributed by atoms with E-state index >= 15 is 0 Å². The number of benzene rings is 1. The Morgan fingerprint density at radius 1 is 1.30 bits per heavy atom. The molecule has 1 amide bonds. The normalized spacial score (nSPS) is 11.9. The fraction of sp³-hybridized carbons (Fsp3) is 0.375. The first-order valence-corrected chi connectivity index (χ1v) is 7.54. The number of carbonyl (C=O) groups is 2. The number of aliphatic carboxylic acids is 1. The molecule has 0 unspecified atom stereocenters. The predicted octanol–water partition coefficient (Wildman–Crippen LogP) is 1.95.